The van der Waals surface area contributed by atoms with Crippen molar-refractivity contribution < 1.29 is 25.2 Å². The summed E-state index contributed by atoms with van der Waals surface area (Å²) in [6, 6.07) is -1.11. The van der Waals surface area contributed by atoms with Gasteiger partial charge in [0, 0.05) is 0 Å². The quantitative estimate of drug-likeness (QED) is 0.258. The Hall–Kier alpha value is 0.110. The summed E-state index contributed by atoms with van der Waals surface area (Å²) in [6.45, 7) is -0.641. The van der Waals surface area contributed by atoms with E-state index in [1.54, 1.807) is 0 Å². The van der Waals surface area contributed by atoms with Crippen LogP contribution in [0.4, 0.5) is 0 Å². The minimum atomic E-state index is -1.67. The Bertz CT molecular complexity index is 194. The summed E-state index contributed by atoms with van der Waals surface area (Å²) in [4.78, 5) is -1.67. The first-order chi connectivity index (χ1) is 5.92. The lowest BCUT2D eigenvalue weighted by atomic mass is 9.97. The number of rotatable bonds is 1. The summed E-state index contributed by atoms with van der Waals surface area (Å²) in [5, 5.41) is 36.7. The molecule has 0 aromatic carbocycles. The van der Waals surface area contributed by atoms with Crippen molar-refractivity contribution in [3.8, 4) is 0 Å². The molecule has 1 saturated heterocycles. The summed E-state index contributed by atoms with van der Waals surface area (Å²) in [5.41, 5.74) is 5.29. The molecule has 0 spiro atoms. The number of nitrogens with two attached hydrogens (primary N) is 1. The average Bonchev–Trinajstić information content (AvgIpc) is 2.12. The van der Waals surface area contributed by atoms with Crippen LogP contribution in [0.5, 0.6) is 0 Å². The summed E-state index contributed by atoms with van der Waals surface area (Å²) < 4.78 is 4.75. The third-order valence-corrected chi connectivity index (χ3v) is 2.57. The van der Waals surface area contributed by atoms with Gasteiger partial charge in [-0.3, -0.25) is 0 Å². The second kappa shape index (κ2) is 3.70. The van der Waals surface area contributed by atoms with Gasteiger partial charge in [0.05, 0.1) is 12.6 Å². The fourth-order valence-electron chi connectivity index (χ4n) is 1.13. The highest BCUT2D eigenvalue weighted by Gasteiger charge is 2.50. The average molecular weight is 211 g/mol. The summed E-state index contributed by atoms with van der Waals surface area (Å²) in [6.07, 6.45) is -4.28. The van der Waals surface area contributed by atoms with Crippen molar-refractivity contribution in [3.05, 3.63) is 0 Å². The molecule has 0 amide bonds. The van der Waals surface area contributed by atoms with Gasteiger partial charge < -0.3 is 30.9 Å². The van der Waals surface area contributed by atoms with Crippen LogP contribution in [0.1, 0.15) is 0 Å². The molecular formula is C6H13NO5S. The standard InChI is InChI=1S/C6H13NO5S/c7-2-3(9)4(10)6(13,1-8)12-5(2)11/h2-5,8-11,13H,1,7H2/t2-,3-,4+,5-,6-/m1/s1. The molecule has 78 valence electrons. The van der Waals surface area contributed by atoms with Gasteiger partial charge in [-0.05, 0) is 0 Å². The van der Waals surface area contributed by atoms with Gasteiger partial charge >= 0.3 is 0 Å². The zero-order valence-electron chi connectivity index (χ0n) is 6.74. The van der Waals surface area contributed by atoms with E-state index in [9.17, 15) is 10.2 Å². The van der Waals surface area contributed by atoms with Crippen LogP contribution < -0.4 is 5.73 Å². The van der Waals surface area contributed by atoms with Crippen LogP contribution in [0.15, 0.2) is 0 Å². The van der Waals surface area contributed by atoms with E-state index in [0.29, 0.717) is 0 Å². The fraction of sp³-hybridized carbons (Fsp3) is 1.00. The van der Waals surface area contributed by atoms with Crippen molar-refractivity contribution in [2.24, 2.45) is 5.73 Å². The summed E-state index contributed by atoms with van der Waals surface area (Å²) in [5.74, 6) is 0. The van der Waals surface area contributed by atoms with Crippen LogP contribution in [-0.2, 0) is 4.74 Å². The Labute approximate surface area is 80.3 Å². The first-order valence-electron chi connectivity index (χ1n) is 3.73. The molecule has 0 aliphatic carbocycles. The summed E-state index contributed by atoms with van der Waals surface area (Å²) in [7, 11) is 0. The first kappa shape index (κ1) is 11.2. The Morgan fingerprint density at radius 3 is 2.38 bits per heavy atom. The summed E-state index contributed by atoms with van der Waals surface area (Å²) >= 11 is 3.81. The monoisotopic (exact) mass is 211 g/mol. The Morgan fingerprint density at radius 2 is 1.92 bits per heavy atom. The SMILES string of the molecule is N[C@@H]1[C@@H](O)[C@H](O)[C@](S)(CO)O[C@H]1O. The van der Waals surface area contributed by atoms with Crippen molar-refractivity contribution in [1.82, 2.24) is 0 Å². The van der Waals surface area contributed by atoms with Gasteiger partial charge in [0.25, 0.3) is 0 Å². The van der Waals surface area contributed by atoms with Crippen LogP contribution in [0.2, 0.25) is 0 Å². The molecule has 6 nitrogen and oxygen atoms in total. The number of hydrogen-bond donors (Lipinski definition) is 6. The number of thiol groups is 1. The smallest absolute Gasteiger partial charge is 0.174 e. The third kappa shape index (κ3) is 1.82. The van der Waals surface area contributed by atoms with Crippen LogP contribution in [-0.4, -0.2) is 56.5 Å². The molecule has 13 heavy (non-hydrogen) atoms. The van der Waals surface area contributed by atoms with E-state index < -0.39 is 36.1 Å². The molecule has 1 heterocycles. The van der Waals surface area contributed by atoms with Crippen molar-refractivity contribution in [2.45, 2.75) is 29.5 Å². The molecule has 1 fully saturated rings. The molecule has 0 aromatic heterocycles. The molecule has 1 aliphatic rings. The zero-order chi connectivity index (χ0) is 10.2. The maximum absolute atomic E-state index is 9.38. The van der Waals surface area contributed by atoms with Gasteiger partial charge in [0.1, 0.15) is 12.2 Å². The molecule has 0 unspecified atom stereocenters. The second-order valence-electron chi connectivity index (χ2n) is 3.02. The van der Waals surface area contributed by atoms with E-state index in [4.69, 9.17) is 20.7 Å². The molecule has 1 rings (SSSR count). The molecule has 0 aromatic rings. The van der Waals surface area contributed by atoms with Gasteiger partial charge in [-0.25, -0.2) is 0 Å². The second-order valence-corrected chi connectivity index (χ2v) is 3.78. The van der Waals surface area contributed by atoms with E-state index in [0.717, 1.165) is 0 Å². The molecule has 6 N–H and O–H groups in total. The molecule has 0 bridgehead atoms. The van der Waals surface area contributed by atoms with Gasteiger partial charge in [-0.2, -0.15) is 0 Å². The number of hydrogen-bond acceptors (Lipinski definition) is 7. The highest BCUT2D eigenvalue weighted by atomic mass is 32.1. The molecule has 7 heteroatoms. The zero-order valence-corrected chi connectivity index (χ0v) is 7.63. The topological polar surface area (TPSA) is 116 Å². The van der Waals surface area contributed by atoms with E-state index in [1.807, 2.05) is 0 Å². The lowest BCUT2D eigenvalue weighted by Gasteiger charge is -2.44. The predicted molar refractivity (Wildman–Crippen MR) is 45.9 cm³/mol. The Balaban J connectivity index is 2.82. The van der Waals surface area contributed by atoms with Gasteiger partial charge in [-0.15, -0.1) is 12.6 Å². The van der Waals surface area contributed by atoms with E-state index in [1.165, 1.54) is 0 Å². The number of aliphatic hydroxyl groups is 4. The van der Waals surface area contributed by atoms with Gasteiger partial charge in [0.2, 0.25) is 0 Å². The molecular weight excluding hydrogens is 198 g/mol. The van der Waals surface area contributed by atoms with Gasteiger partial charge in [0.15, 0.2) is 11.2 Å². The third-order valence-electron chi connectivity index (χ3n) is 2.06. The van der Waals surface area contributed by atoms with Crippen molar-refractivity contribution >= 4 is 12.6 Å². The van der Waals surface area contributed by atoms with E-state index in [2.05, 4.69) is 12.6 Å². The minimum absolute atomic E-state index is 0.641. The molecule has 0 radical (unpaired) electrons. The normalized spacial score (nSPS) is 52.2. The van der Waals surface area contributed by atoms with Crippen LogP contribution in [0.3, 0.4) is 0 Å². The first-order valence-corrected chi connectivity index (χ1v) is 4.18. The Kier molecular flexibility index (Phi) is 3.18. The predicted octanol–water partition coefficient (Wildman–Crippen LogP) is -3.00. The van der Waals surface area contributed by atoms with Crippen LogP contribution in [0, 0.1) is 0 Å². The van der Waals surface area contributed by atoms with Crippen molar-refractivity contribution in [2.75, 3.05) is 6.61 Å². The minimum Gasteiger partial charge on any atom is -0.392 e. The number of aliphatic hydroxyl groups excluding tert-OH is 4. The maximum atomic E-state index is 9.38. The van der Waals surface area contributed by atoms with Gasteiger partial charge in [-0.1, -0.05) is 0 Å². The lowest BCUT2D eigenvalue weighted by molar-refractivity contribution is -0.262. The maximum Gasteiger partial charge on any atom is 0.174 e. The Morgan fingerprint density at radius 1 is 1.38 bits per heavy atom. The number of ether oxygens (including phenoxy) is 1. The van der Waals surface area contributed by atoms with E-state index in [-0.39, 0.29) is 0 Å². The fourth-order valence-corrected chi connectivity index (χ4v) is 1.39. The van der Waals surface area contributed by atoms with Crippen molar-refractivity contribution in [1.29, 1.82) is 0 Å². The molecule has 1 aliphatic heterocycles. The van der Waals surface area contributed by atoms with E-state index >= 15 is 0 Å². The molecule has 5 atom stereocenters. The lowest BCUT2D eigenvalue weighted by Crippen LogP contribution is -2.66. The van der Waals surface area contributed by atoms with Crippen LogP contribution >= 0.6 is 12.6 Å². The highest BCUT2D eigenvalue weighted by molar-refractivity contribution is 7.81. The highest BCUT2D eigenvalue weighted by Crippen LogP contribution is 2.30. The molecule has 0 saturated carbocycles. The largest absolute Gasteiger partial charge is 0.392 e. The van der Waals surface area contributed by atoms with Crippen LogP contribution in [0.25, 0.3) is 0 Å². The van der Waals surface area contributed by atoms with Crippen molar-refractivity contribution in [3.63, 3.8) is 0 Å².